The number of aliphatic hydroxyl groups is 1. The molecule has 1 aliphatic rings. The van der Waals surface area contributed by atoms with Crippen LogP contribution < -0.4 is 5.32 Å². The van der Waals surface area contributed by atoms with Gasteiger partial charge in [0.1, 0.15) is 0 Å². The molecule has 3 rings (SSSR count). The van der Waals surface area contributed by atoms with E-state index in [-0.39, 0.29) is 18.2 Å². The SMILES string of the molecule is O=C(NCC(O)CN1CCOCC1)c1occc1-c1ccccc1. The van der Waals surface area contributed by atoms with Crippen molar-refractivity contribution < 1.29 is 19.1 Å². The minimum atomic E-state index is -0.623. The molecule has 0 bridgehead atoms. The molecule has 1 aromatic heterocycles. The van der Waals surface area contributed by atoms with Crippen molar-refractivity contribution in [2.75, 3.05) is 39.4 Å². The fourth-order valence-electron chi connectivity index (χ4n) is 2.77. The number of morpholine rings is 1. The van der Waals surface area contributed by atoms with Crippen LogP contribution in [0.5, 0.6) is 0 Å². The monoisotopic (exact) mass is 330 g/mol. The Hall–Kier alpha value is -2.15. The Bertz CT molecular complexity index is 650. The average molecular weight is 330 g/mol. The molecule has 2 heterocycles. The summed E-state index contributed by atoms with van der Waals surface area (Å²) in [7, 11) is 0. The molecular weight excluding hydrogens is 308 g/mol. The molecular formula is C18H22N2O4. The predicted octanol–water partition coefficient (Wildman–Crippen LogP) is 1.37. The van der Waals surface area contributed by atoms with Crippen LogP contribution in [0.3, 0.4) is 0 Å². The highest BCUT2D eigenvalue weighted by Gasteiger charge is 2.19. The molecule has 24 heavy (non-hydrogen) atoms. The molecule has 1 saturated heterocycles. The Balaban J connectivity index is 1.55. The first-order valence-corrected chi connectivity index (χ1v) is 8.13. The van der Waals surface area contributed by atoms with E-state index in [0.29, 0.717) is 19.8 Å². The number of ether oxygens (including phenoxy) is 1. The zero-order valence-electron chi connectivity index (χ0n) is 13.5. The summed E-state index contributed by atoms with van der Waals surface area (Å²) in [5, 5.41) is 12.9. The van der Waals surface area contributed by atoms with Crippen molar-refractivity contribution in [3.8, 4) is 11.1 Å². The number of nitrogens with one attached hydrogen (secondary N) is 1. The Morgan fingerprint density at radius 3 is 2.71 bits per heavy atom. The van der Waals surface area contributed by atoms with Crippen molar-refractivity contribution in [2.45, 2.75) is 6.10 Å². The van der Waals surface area contributed by atoms with Crippen molar-refractivity contribution in [1.82, 2.24) is 10.2 Å². The minimum absolute atomic E-state index is 0.186. The Labute approximate surface area is 141 Å². The predicted molar refractivity (Wildman–Crippen MR) is 89.7 cm³/mol. The zero-order valence-corrected chi connectivity index (χ0v) is 13.5. The lowest BCUT2D eigenvalue weighted by molar-refractivity contribution is 0.0148. The minimum Gasteiger partial charge on any atom is -0.459 e. The molecule has 1 aromatic carbocycles. The van der Waals surface area contributed by atoms with Gasteiger partial charge in [-0.15, -0.1) is 0 Å². The Morgan fingerprint density at radius 1 is 1.21 bits per heavy atom. The second kappa shape index (κ2) is 8.10. The first kappa shape index (κ1) is 16.7. The number of carbonyl (C=O) groups excluding carboxylic acids is 1. The van der Waals surface area contributed by atoms with E-state index in [0.717, 1.165) is 24.2 Å². The molecule has 6 heteroatoms. The first-order chi connectivity index (χ1) is 11.7. The van der Waals surface area contributed by atoms with E-state index in [2.05, 4.69) is 10.2 Å². The number of hydrogen-bond acceptors (Lipinski definition) is 5. The van der Waals surface area contributed by atoms with E-state index < -0.39 is 6.10 Å². The lowest BCUT2D eigenvalue weighted by Crippen LogP contribution is -2.44. The Morgan fingerprint density at radius 2 is 1.96 bits per heavy atom. The van der Waals surface area contributed by atoms with Crippen LogP contribution in [0.2, 0.25) is 0 Å². The third-order valence-electron chi connectivity index (χ3n) is 4.03. The summed E-state index contributed by atoms with van der Waals surface area (Å²) in [6.07, 6.45) is 0.878. The molecule has 0 aliphatic carbocycles. The molecule has 1 unspecified atom stereocenters. The van der Waals surface area contributed by atoms with Crippen LogP contribution in [0.15, 0.2) is 47.1 Å². The van der Waals surface area contributed by atoms with Gasteiger partial charge in [-0.25, -0.2) is 0 Å². The number of nitrogens with zero attached hydrogens (tertiary/aromatic N) is 1. The second-order valence-electron chi connectivity index (χ2n) is 5.81. The number of rotatable bonds is 6. The maximum atomic E-state index is 12.3. The fourth-order valence-corrected chi connectivity index (χ4v) is 2.77. The summed E-state index contributed by atoms with van der Waals surface area (Å²) in [5.41, 5.74) is 1.67. The van der Waals surface area contributed by atoms with Crippen molar-refractivity contribution in [3.63, 3.8) is 0 Å². The smallest absolute Gasteiger partial charge is 0.287 e. The van der Waals surface area contributed by atoms with E-state index >= 15 is 0 Å². The van der Waals surface area contributed by atoms with Crippen LogP contribution >= 0.6 is 0 Å². The number of benzene rings is 1. The van der Waals surface area contributed by atoms with Gasteiger partial charge < -0.3 is 19.6 Å². The van der Waals surface area contributed by atoms with Gasteiger partial charge in [0.2, 0.25) is 0 Å². The topological polar surface area (TPSA) is 74.9 Å². The van der Waals surface area contributed by atoms with Gasteiger partial charge in [0.25, 0.3) is 5.91 Å². The van der Waals surface area contributed by atoms with E-state index in [4.69, 9.17) is 9.15 Å². The summed E-state index contributed by atoms with van der Waals surface area (Å²) in [4.78, 5) is 14.5. The van der Waals surface area contributed by atoms with Gasteiger partial charge in [0, 0.05) is 31.7 Å². The number of amides is 1. The van der Waals surface area contributed by atoms with E-state index in [1.54, 1.807) is 6.07 Å². The van der Waals surface area contributed by atoms with Gasteiger partial charge in [-0.05, 0) is 11.6 Å². The summed E-state index contributed by atoms with van der Waals surface area (Å²) in [6, 6.07) is 11.4. The van der Waals surface area contributed by atoms with Crippen LogP contribution in [-0.4, -0.2) is 61.4 Å². The lowest BCUT2D eigenvalue weighted by atomic mass is 10.1. The molecule has 0 saturated carbocycles. The number of hydrogen-bond donors (Lipinski definition) is 2. The molecule has 1 atom stereocenters. The highest BCUT2D eigenvalue weighted by Crippen LogP contribution is 2.24. The summed E-state index contributed by atoms with van der Waals surface area (Å²) in [6.45, 7) is 3.69. The van der Waals surface area contributed by atoms with Gasteiger partial charge in [-0.1, -0.05) is 30.3 Å². The highest BCUT2D eigenvalue weighted by molar-refractivity contribution is 5.98. The van der Waals surface area contributed by atoms with Crippen LogP contribution in [0.1, 0.15) is 10.6 Å². The molecule has 1 fully saturated rings. The van der Waals surface area contributed by atoms with Crippen molar-refractivity contribution in [2.24, 2.45) is 0 Å². The lowest BCUT2D eigenvalue weighted by Gasteiger charge is -2.28. The normalized spacial score (nSPS) is 16.7. The van der Waals surface area contributed by atoms with Crippen LogP contribution in [0.4, 0.5) is 0 Å². The van der Waals surface area contributed by atoms with Crippen molar-refractivity contribution in [3.05, 3.63) is 48.4 Å². The number of carbonyl (C=O) groups is 1. The third kappa shape index (κ3) is 4.23. The zero-order chi connectivity index (χ0) is 16.8. The summed E-state index contributed by atoms with van der Waals surface area (Å²) >= 11 is 0. The number of furan rings is 1. The molecule has 1 amide bonds. The standard InChI is InChI=1S/C18H22N2O4/c21-15(13-20-7-10-23-11-8-20)12-19-18(22)17-16(6-9-24-17)14-4-2-1-3-5-14/h1-6,9,15,21H,7-8,10-13H2,(H,19,22). The van der Waals surface area contributed by atoms with E-state index in [1.807, 2.05) is 30.3 Å². The fraction of sp³-hybridized carbons (Fsp3) is 0.389. The molecule has 128 valence electrons. The van der Waals surface area contributed by atoms with Gasteiger partial charge in [-0.2, -0.15) is 0 Å². The maximum absolute atomic E-state index is 12.3. The van der Waals surface area contributed by atoms with Gasteiger partial charge in [0.15, 0.2) is 5.76 Å². The van der Waals surface area contributed by atoms with Gasteiger partial charge in [-0.3, -0.25) is 9.69 Å². The van der Waals surface area contributed by atoms with E-state index in [9.17, 15) is 9.90 Å². The van der Waals surface area contributed by atoms with Gasteiger partial charge in [0.05, 0.1) is 25.6 Å². The highest BCUT2D eigenvalue weighted by atomic mass is 16.5. The largest absolute Gasteiger partial charge is 0.459 e. The maximum Gasteiger partial charge on any atom is 0.287 e. The van der Waals surface area contributed by atoms with Crippen molar-refractivity contribution in [1.29, 1.82) is 0 Å². The summed E-state index contributed by atoms with van der Waals surface area (Å²) in [5.74, 6) is -0.0559. The number of β-amino-alcohol motifs (C(OH)–C–C–N with tert-alkyl or cyclic N) is 1. The van der Waals surface area contributed by atoms with E-state index in [1.165, 1.54) is 6.26 Å². The Kier molecular flexibility index (Phi) is 5.63. The first-order valence-electron chi connectivity index (χ1n) is 8.13. The molecule has 2 N–H and O–H groups in total. The molecule has 0 radical (unpaired) electrons. The quantitative estimate of drug-likeness (QED) is 0.837. The molecule has 6 nitrogen and oxygen atoms in total. The molecule has 2 aromatic rings. The second-order valence-corrected chi connectivity index (χ2v) is 5.81. The number of aliphatic hydroxyl groups excluding tert-OH is 1. The van der Waals surface area contributed by atoms with Crippen molar-refractivity contribution >= 4 is 5.91 Å². The van der Waals surface area contributed by atoms with Crippen LogP contribution in [0.25, 0.3) is 11.1 Å². The van der Waals surface area contributed by atoms with Gasteiger partial charge >= 0.3 is 0 Å². The molecule has 0 spiro atoms. The van der Waals surface area contributed by atoms with Crippen LogP contribution in [-0.2, 0) is 4.74 Å². The van der Waals surface area contributed by atoms with Crippen LogP contribution in [0, 0.1) is 0 Å². The summed E-state index contributed by atoms with van der Waals surface area (Å²) < 4.78 is 10.6. The average Bonchev–Trinajstić information content (AvgIpc) is 3.11. The molecule has 1 aliphatic heterocycles. The third-order valence-corrected chi connectivity index (χ3v) is 4.03.